The van der Waals surface area contributed by atoms with Crippen molar-refractivity contribution < 1.29 is 0 Å². The zero-order chi connectivity index (χ0) is 5.86. The smallest absolute Gasteiger partial charge is 0.0242 e. The molecule has 0 rings (SSSR count). The summed E-state index contributed by atoms with van der Waals surface area (Å²) in [5, 5.41) is 0. The highest BCUT2D eigenvalue weighted by molar-refractivity contribution is 4.84. The summed E-state index contributed by atoms with van der Waals surface area (Å²) in [5.74, 6) is 2.38. The fraction of sp³-hybridized carbons (Fsp3) is 0.857. The lowest BCUT2D eigenvalue weighted by atomic mass is 9.96. The molecule has 0 heterocycles. The van der Waals surface area contributed by atoms with E-state index < -0.39 is 0 Å². The Bertz CT molecular complexity index is 37.3. The molecule has 0 saturated heterocycles. The van der Waals surface area contributed by atoms with Crippen LogP contribution >= 0.6 is 0 Å². The molecule has 0 aromatic rings. The maximum Gasteiger partial charge on any atom is 0.0943 e. The average molecular weight is 99.2 g/mol. The standard InChI is InChI=1S/C7H15/c1-5-7(4)6(2)3/h6H,5H2,1-4H3/q+1. The zero-order valence-electron chi connectivity index (χ0n) is 5.78. The highest BCUT2D eigenvalue weighted by Crippen LogP contribution is 2.14. The Balaban J connectivity index is 3.14. The highest BCUT2D eigenvalue weighted by atomic mass is 14.1. The van der Waals surface area contributed by atoms with Crippen molar-refractivity contribution in [3.8, 4) is 0 Å². The van der Waals surface area contributed by atoms with Crippen LogP contribution in [0.5, 0.6) is 0 Å². The van der Waals surface area contributed by atoms with Gasteiger partial charge in [0.25, 0.3) is 0 Å². The van der Waals surface area contributed by atoms with E-state index in [-0.39, 0.29) is 0 Å². The molecule has 0 saturated carbocycles. The topological polar surface area (TPSA) is 0 Å². The Morgan fingerprint density at radius 2 is 1.86 bits per heavy atom. The molecular formula is C7H15+. The SMILES string of the molecule is CC[C+](C)C(C)C. The molecule has 0 aliphatic carbocycles. The first kappa shape index (κ1) is 6.87. The van der Waals surface area contributed by atoms with Gasteiger partial charge in [0.15, 0.2) is 0 Å². The fourth-order valence-electron chi connectivity index (χ4n) is 0.408. The molecule has 0 aromatic heterocycles. The third kappa shape index (κ3) is 2.55. The second-order valence-corrected chi connectivity index (χ2v) is 2.35. The Morgan fingerprint density at radius 1 is 1.43 bits per heavy atom. The Kier molecular flexibility index (Phi) is 2.89. The van der Waals surface area contributed by atoms with Gasteiger partial charge in [0.05, 0.1) is 25.2 Å². The van der Waals surface area contributed by atoms with Crippen molar-refractivity contribution in [1.29, 1.82) is 0 Å². The van der Waals surface area contributed by atoms with Crippen LogP contribution in [0.1, 0.15) is 34.1 Å². The minimum atomic E-state index is 0.782. The maximum atomic E-state index is 2.23. The Hall–Kier alpha value is -0.130. The summed E-state index contributed by atoms with van der Waals surface area (Å²) >= 11 is 0. The lowest BCUT2D eigenvalue weighted by molar-refractivity contribution is 0.625. The Morgan fingerprint density at radius 3 is 1.86 bits per heavy atom. The normalized spacial score (nSPS) is 9.86. The van der Waals surface area contributed by atoms with Gasteiger partial charge in [-0.05, 0) is 20.8 Å². The fourth-order valence-corrected chi connectivity index (χ4v) is 0.408. The van der Waals surface area contributed by atoms with E-state index in [9.17, 15) is 0 Å². The van der Waals surface area contributed by atoms with Crippen LogP contribution in [0.15, 0.2) is 0 Å². The highest BCUT2D eigenvalue weighted by Gasteiger charge is 2.13. The van der Waals surface area contributed by atoms with E-state index in [0.29, 0.717) is 0 Å². The quantitative estimate of drug-likeness (QED) is 0.467. The minimum Gasteiger partial charge on any atom is -0.0242 e. The van der Waals surface area contributed by atoms with Crippen molar-refractivity contribution in [2.45, 2.75) is 34.1 Å². The van der Waals surface area contributed by atoms with E-state index in [1.54, 1.807) is 5.92 Å². The van der Waals surface area contributed by atoms with Crippen molar-refractivity contribution in [1.82, 2.24) is 0 Å². The molecule has 7 heavy (non-hydrogen) atoms. The van der Waals surface area contributed by atoms with E-state index >= 15 is 0 Å². The second-order valence-electron chi connectivity index (χ2n) is 2.35. The van der Waals surface area contributed by atoms with Gasteiger partial charge >= 0.3 is 0 Å². The molecule has 0 aliphatic heterocycles. The van der Waals surface area contributed by atoms with Crippen molar-refractivity contribution in [2.75, 3.05) is 0 Å². The molecule has 0 radical (unpaired) electrons. The Labute approximate surface area is 46.9 Å². The van der Waals surface area contributed by atoms with Gasteiger partial charge in [0, 0.05) is 0 Å². The van der Waals surface area contributed by atoms with Gasteiger partial charge in [0.2, 0.25) is 0 Å². The van der Waals surface area contributed by atoms with Crippen molar-refractivity contribution in [2.24, 2.45) is 5.92 Å². The monoisotopic (exact) mass is 99.1 g/mol. The van der Waals surface area contributed by atoms with Crippen molar-refractivity contribution in [3.63, 3.8) is 0 Å². The van der Waals surface area contributed by atoms with Crippen molar-refractivity contribution in [3.05, 3.63) is 5.92 Å². The summed E-state index contributed by atoms with van der Waals surface area (Å²) in [5.41, 5.74) is 0. The molecule has 0 spiro atoms. The van der Waals surface area contributed by atoms with Gasteiger partial charge in [-0.2, -0.15) is 0 Å². The van der Waals surface area contributed by atoms with Gasteiger partial charge in [-0.15, -0.1) is 0 Å². The third-order valence-corrected chi connectivity index (χ3v) is 1.54. The molecule has 0 fully saturated rings. The molecule has 0 aromatic carbocycles. The van der Waals surface area contributed by atoms with E-state index in [2.05, 4.69) is 27.7 Å². The van der Waals surface area contributed by atoms with Crippen LogP contribution in [0.2, 0.25) is 0 Å². The van der Waals surface area contributed by atoms with Crippen LogP contribution < -0.4 is 0 Å². The number of rotatable bonds is 2. The molecule has 0 nitrogen and oxygen atoms in total. The lowest BCUT2D eigenvalue weighted by Crippen LogP contribution is -1.97. The lowest BCUT2D eigenvalue weighted by Gasteiger charge is -1.98. The third-order valence-electron chi connectivity index (χ3n) is 1.54. The van der Waals surface area contributed by atoms with Gasteiger partial charge < -0.3 is 0 Å². The second kappa shape index (κ2) is 2.95. The summed E-state index contributed by atoms with van der Waals surface area (Å²) < 4.78 is 0. The largest absolute Gasteiger partial charge is 0.0943 e. The molecule has 0 amide bonds. The van der Waals surface area contributed by atoms with Gasteiger partial charge in [0.1, 0.15) is 0 Å². The van der Waals surface area contributed by atoms with Crippen LogP contribution in [-0.2, 0) is 0 Å². The average Bonchev–Trinajstić information content (AvgIpc) is 1.65. The minimum absolute atomic E-state index is 0.782. The maximum absolute atomic E-state index is 2.23. The van der Waals surface area contributed by atoms with E-state index in [1.807, 2.05) is 0 Å². The first-order valence-corrected chi connectivity index (χ1v) is 3.00. The van der Waals surface area contributed by atoms with Gasteiger partial charge in [-0.3, -0.25) is 0 Å². The number of hydrogen-bond acceptors (Lipinski definition) is 0. The van der Waals surface area contributed by atoms with Crippen LogP contribution in [0.3, 0.4) is 0 Å². The van der Waals surface area contributed by atoms with Crippen LogP contribution in [-0.4, -0.2) is 0 Å². The summed E-state index contributed by atoms with van der Waals surface area (Å²) in [6.45, 7) is 8.89. The summed E-state index contributed by atoms with van der Waals surface area (Å²) in [7, 11) is 0. The molecule has 0 atom stereocenters. The van der Waals surface area contributed by atoms with Crippen LogP contribution in [0.4, 0.5) is 0 Å². The first-order chi connectivity index (χ1) is 3.18. The zero-order valence-corrected chi connectivity index (χ0v) is 5.78. The molecule has 0 aliphatic rings. The van der Waals surface area contributed by atoms with Gasteiger partial charge in [-0.25, -0.2) is 0 Å². The number of hydrogen-bond donors (Lipinski definition) is 0. The molecule has 0 heteroatoms. The van der Waals surface area contributed by atoms with E-state index in [1.165, 1.54) is 6.42 Å². The summed E-state index contributed by atoms with van der Waals surface area (Å²) in [6, 6.07) is 0. The summed E-state index contributed by atoms with van der Waals surface area (Å²) in [6.07, 6.45) is 1.23. The van der Waals surface area contributed by atoms with E-state index in [4.69, 9.17) is 0 Å². The molecule has 0 unspecified atom stereocenters. The van der Waals surface area contributed by atoms with Crippen molar-refractivity contribution >= 4 is 0 Å². The van der Waals surface area contributed by atoms with Crippen LogP contribution in [0, 0.1) is 11.8 Å². The van der Waals surface area contributed by atoms with E-state index in [0.717, 1.165) is 5.92 Å². The molecular weight excluding hydrogens is 84.1 g/mol. The summed E-state index contributed by atoms with van der Waals surface area (Å²) in [4.78, 5) is 0. The van der Waals surface area contributed by atoms with Crippen LogP contribution in [0.25, 0.3) is 0 Å². The molecule has 42 valence electrons. The predicted molar refractivity (Wildman–Crippen MR) is 34.0 cm³/mol. The predicted octanol–water partition coefficient (Wildman–Crippen LogP) is 2.65. The molecule has 0 bridgehead atoms. The van der Waals surface area contributed by atoms with Gasteiger partial charge in [-0.1, -0.05) is 0 Å². The first-order valence-electron chi connectivity index (χ1n) is 3.00. The molecule has 0 N–H and O–H groups in total.